The highest BCUT2D eigenvalue weighted by molar-refractivity contribution is 5.80. The molecule has 0 aromatic heterocycles. The van der Waals surface area contributed by atoms with Gasteiger partial charge in [0.1, 0.15) is 0 Å². The van der Waals surface area contributed by atoms with Crippen molar-refractivity contribution < 1.29 is 17.9 Å². The molecule has 5 nitrogen and oxygen atoms in total. The van der Waals surface area contributed by atoms with Crippen LogP contribution in [0.4, 0.5) is 13.2 Å². The van der Waals surface area contributed by atoms with E-state index in [9.17, 15) is 13.2 Å². The number of methoxy groups -OCH3 is 1. The van der Waals surface area contributed by atoms with E-state index in [1.807, 2.05) is 6.92 Å². The average molecular weight is 415 g/mol. The van der Waals surface area contributed by atoms with Crippen molar-refractivity contribution in [2.75, 3.05) is 39.9 Å². The lowest BCUT2D eigenvalue weighted by Crippen LogP contribution is -2.44. The van der Waals surface area contributed by atoms with Gasteiger partial charge in [0.15, 0.2) is 5.96 Å². The normalized spacial score (nSPS) is 18.2. The van der Waals surface area contributed by atoms with Crippen molar-refractivity contribution in [1.82, 2.24) is 15.5 Å². The number of halogens is 3. The smallest absolute Gasteiger partial charge is 0.385 e. The van der Waals surface area contributed by atoms with Gasteiger partial charge in [-0.15, -0.1) is 0 Å². The fraction of sp³-hybridized carbons (Fsp3) is 0.667. The molecule has 2 rings (SSSR count). The number of unbranched alkanes of at least 4 members (excludes halogenated alkanes) is 2. The minimum atomic E-state index is -4.28. The Hall–Kier alpha value is -1.80. The summed E-state index contributed by atoms with van der Waals surface area (Å²) < 4.78 is 43.1. The maximum absolute atomic E-state index is 12.7. The molecule has 0 amide bonds. The standard InChI is InChI=1S/C21H33F3N4O/c1-3-25-20(26-12-5-4-6-14-29-2)27-19-11-13-28(16-19)15-17-7-9-18(10-8-17)21(22,23)24/h7-10,19H,3-6,11-16H2,1-2H3,(H2,25,26,27). The van der Waals surface area contributed by atoms with Crippen molar-refractivity contribution >= 4 is 5.96 Å². The van der Waals surface area contributed by atoms with Crippen molar-refractivity contribution in [1.29, 1.82) is 0 Å². The maximum Gasteiger partial charge on any atom is 0.416 e. The van der Waals surface area contributed by atoms with Gasteiger partial charge in [-0.25, -0.2) is 0 Å². The van der Waals surface area contributed by atoms with E-state index in [2.05, 4.69) is 20.5 Å². The number of aliphatic imine (C=N–C) groups is 1. The Morgan fingerprint density at radius 3 is 2.62 bits per heavy atom. The van der Waals surface area contributed by atoms with Gasteiger partial charge in [-0.1, -0.05) is 12.1 Å². The summed E-state index contributed by atoms with van der Waals surface area (Å²) in [6.45, 7) is 6.83. The fourth-order valence-electron chi connectivity index (χ4n) is 3.39. The highest BCUT2D eigenvalue weighted by Crippen LogP contribution is 2.29. The molecule has 1 fully saturated rings. The molecule has 1 unspecified atom stereocenters. The molecular formula is C21H33F3N4O. The summed E-state index contributed by atoms with van der Waals surface area (Å²) in [5.74, 6) is 0.834. The number of ether oxygens (including phenoxy) is 1. The van der Waals surface area contributed by atoms with E-state index in [1.54, 1.807) is 19.2 Å². The molecule has 0 aliphatic carbocycles. The van der Waals surface area contributed by atoms with Gasteiger partial charge in [-0.05, 0) is 50.3 Å². The van der Waals surface area contributed by atoms with Crippen molar-refractivity contribution in [3.05, 3.63) is 35.4 Å². The topological polar surface area (TPSA) is 48.9 Å². The summed E-state index contributed by atoms with van der Waals surface area (Å²) in [6.07, 6.45) is -0.116. The first-order chi connectivity index (χ1) is 13.9. The highest BCUT2D eigenvalue weighted by Gasteiger charge is 2.30. The molecular weight excluding hydrogens is 381 g/mol. The van der Waals surface area contributed by atoms with E-state index in [-0.39, 0.29) is 6.04 Å². The number of hydrogen-bond donors (Lipinski definition) is 2. The third kappa shape index (κ3) is 8.62. The predicted octanol–water partition coefficient (Wildman–Crippen LogP) is 3.65. The largest absolute Gasteiger partial charge is 0.416 e. The number of rotatable bonds is 10. The summed E-state index contributed by atoms with van der Waals surface area (Å²) in [5, 5.41) is 6.77. The number of hydrogen-bond acceptors (Lipinski definition) is 3. The van der Waals surface area contributed by atoms with Crippen molar-refractivity contribution in [3.8, 4) is 0 Å². The van der Waals surface area contributed by atoms with E-state index in [4.69, 9.17) is 4.74 Å². The highest BCUT2D eigenvalue weighted by atomic mass is 19.4. The van der Waals surface area contributed by atoms with Crippen LogP contribution in [0, 0.1) is 0 Å². The number of alkyl halides is 3. The number of nitrogens with one attached hydrogen (secondary N) is 2. The molecule has 0 spiro atoms. The third-order valence-electron chi connectivity index (χ3n) is 4.92. The Morgan fingerprint density at radius 2 is 1.97 bits per heavy atom. The Balaban J connectivity index is 1.78. The first kappa shape index (κ1) is 23.5. The van der Waals surface area contributed by atoms with Crippen LogP contribution in [0.15, 0.2) is 29.3 Å². The molecule has 2 N–H and O–H groups in total. The van der Waals surface area contributed by atoms with Crippen LogP contribution in [0.1, 0.15) is 43.7 Å². The number of guanidine groups is 1. The molecule has 29 heavy (non-hydrogen) atoms. The van der Waals surface area contributed by atoms with Crippen molar-refractivity contribution in [2.24, 2.45) is 4.99 Å². The molecule has 1 aromatic carbocycles. The summed E-state index contributed by atoms with van der Waals surface area (Å²) in [7, 11) is 1.72. The predicted molar refractivity (Wildman–Crippen MR) is 110 cm³/mol. The van der Waals surface area contributed by atoms with E-state index in [1.165, 1.54) is 0 Å². The molecule has 164 valence electrons. The Kier molecular flexibility index (Phi) is 9.73. The minimum absolute atomic E-state index is 0.288. The summed E-state index contributed by atoms with van der Waals surface area (Å²) in [6, 6.07) is 5.74. The second-order valence-electron chi connectivity index (χ2n) is 7.37. The number of likely N-dealkylation sites (tertiary alicyclic amines) is 1. The van der Waals surface area contributed by atoms with Gasteiger partial charge >= 0.3 is 6.18 Å². The van der Waals surface area contributed by atoms with Gasteiger partial charge < -0.3 is 15.4 Å². The average Bonchev–Trinajstić information content (AvgIpc) is 3.11. The summed E-state index contributed by atoms with van der Waals surface area (Å²) in [4.78, 5) is 6.90. The maximum atomic E-state index is 12.7. The molecule has 1 aliphatic heterocycles. The number of benzene rings is 1. The molecule has 1 aromatic rings. The molecule has 0 bridgehead atoms. The minimum Gasteiger partial charge on any atom is -0.385 e. The van der Waals surface area contributed by atoms with E-state index < -0.39 is 11.7 Å². The number of nitrogens with zero attached hydrogens (tertiary/aromatic N) is 2. The third-order valence-corrected chi connectivity index (χ3v) is 4.92. The van der Waals surface area contributed by atoms with Crippen LogP contribution in [0.3, 0.4) is 0 Å². The zero-order valence-corrected chi connectivity index (χ0v) is 17.4. The van der Waals surface area contributed by atoms with Gasteiger partial charge in [-0.3, -0.25) is 9.89 Å². The van der Waals surface area contributed by atoms with Gasteiger partial charge in [0.25, 0.3) is 0 Å². The van der Waals surface area contributed by atoms with Gasteiger partial charge in [0, 0.05) is 52.5 Å². The Bertz CT molecular complexity index is 619. The molecule has 0 saturated carbocycles. The molecule has 1 atom stereocenters. The first-order valence-electron chi connectivity index (χ1n) is 10.3. The van der Waals surface area contributed by atoms with E-state index in [0.717, 1.165) is 82.1 Å². The SMILES string of the molecule is CCNC(=NCCCCCOC)NC1CCN(Cc2ccc(C(F)(F)F)cc2)C1. The Morgan fingerprint density at radius 1 is 1.21 bits per heavy atom. The Labute approximate surface area is 171 Å². The van der Waals surface area contributed by atoms with Crippen LogP contribution in [-0.2, 0) is 17.5 Å². The molecule has 0 radical (unpaired) electrons. The lowest BCUT2D eigenvalue weighted by atomic mass is 10.1. The van der Waals surface area contributed by atoms with Crippen LogP contribution in [0.25, 0.3) is 0 Å². The van der Waals surface area contributed by atoms with Crippen LogP contribution in [-0.4, -0.2) is 56.8 Å². The quantitative estimate of drug-likeness (QED) is 0.349. The summed E-state index contributed by atoms with van der Waals surface area (Å²) >= 11 is 0. The first-order valence-corrected chi connectivity index (χ1v) is 10.3. The fourth-order valence-corrected chi connectivity index (χ4v) is 3.39. The molecule has 1 saturated heterocycles. The van der Waals surface area contributed by atoms with Crippen LogP contribution in [0.5, 0.6) is 0 Å². The monoisotopic (exact) mass is 414 g/mol. The second kappa shape index (κ2) is 12.0. The zero-order chi connectivity index (χ0) is 21.1. The van der Waals surface area contributed by atoms with Crippen LogP contribution >= 0.6 is 0 Å². The zero-order valence-electron chi connectivity index (χ0n) is 17.4. The van der Waals surface area contributed by atoms with Crippen LogP contribution in [0.2, 0.25) is 0 Å². The van der Waals surface area contributed by atoms with E-state index in [0.29, 0.717) is 6.54 Å². The van der Waals surface area contributed by atoms with E-state index >= 15 is 0 Å². The van der Waals surface area contributed by atoms with Gasteiger partial charge in [0.05, 0.1) is 5.56 Å². The van der Waals surface area contributed by atoms with Gasteiger partial charge in [-0.2, -0.15) is 13.2 Å². The van der Waals surface area contributed by atoms with Crippen molar-refractivity contribution in [2.45, 2.75) is 51.4 Å². The second-order valence-corrected chi connectivity index (χ2v) is 7.37. The van der Waals surface area contributed by atoms with Gasteiger partial charge in [0.2, 0.25) is 0 Å². The summed E-state index contributed by atoms with van der Waals surface area (Å²) in [5.41, 5.74) is 0.297. The van der Waals surface area contributed by atoms with Crippen LogP contribution < -0.4 is 10.6 Å². The molecule has 1 aliphatic rings. The lowest BCUT2D eigenvalue weighted by Gasteiger charge is -2.19. The lowest BCUT2D eigenvalue weighted by molar-refractivity contribution is -0.137. The molecule has 8 heteroatoms. The molecule has 1 heterocycles. The van der Waals surface area contributed by atoms with Crippen molar-refractivity contribution in [3.63, 3.8) is 0 Å².